The van der Waals surface area contributed by atoms with Crippen molar-refractivity contribution < 1.29 is 4.74 Å². The summed E-state index contributed by atoms with van der Waals surface area (Å²) in [6, 6.07) is 0. The maximum Gasteiger partial charge on any atom is 0.193 e. The number of guanidine groups is 1. The molecule has 2 fully saturated rings. The smallest absolute Gasteiger partial charge is 0.193 e. The Morgan fingerprint density at radius 2 is 2.05 bits per heavy atom. The average molecular weight is 329 g/mol. The third-order valence-corrected chi connectivity index (χ3v) is 5.52. The predicted molar refractivity (Wildman–Crippen MR) is 95.9 cm³/mol. The van der Waals surface area contributed by atoms with E-state index in [-0.39, 0.29) is 0 Å². The van der Waals surface area contributed by atoms with E-state index in [1.54, 1.807) is 0 Å². The summed E-state index contributed by atoms with van der Waals surface area (Å²) in [5, 5.41) is 3.58. The number of ether oxygens (including phenoxy) is 1. The Labute approximate surface area is 139 Å². The van der Waals surface area contributed by atoms with E-state index in [0.29, 0.717) is 10.7 Å². The number of nitrogens with zero attached hydrogens (tertiary/aromatic N) is 3. The van der Waals surface area contributed by atoms with E-state index in [0.717, 1.165) is 58.4 Å². The second-order valence-corrected chi connectivity index (χ2v) is 8.78. The first-order valence-electron chi connectivity index (χ1n) is 8.40. The highest BCUT2D eigenvalue weighted by atomic mass is 32.2. The van der Waals surface area contributed by atoms with Gasteiger partial charge in [0.25, 0.3) is 0 Å². The van der Waals surface area contributed by atoms with E-state index in [1.165, 1.54) is 5.75 Å². The van der Waals surface area contributed by atoms with Gasteiger partial charge in [0.05, 0.1) is 13.2 Å². The highest BCUT2D eigenvalue weighted by Gasteiger charge is 2.28. The van der Waals surface area contributed by atoms with Gasteiger partial charge < -0.3 is 15.0 Å². The lowest BCUT2D eigenvalue weighted by Gasteiger charge is -2.39. The molecule has 0 amide bonds. The van der Waals surface area contributed by atoms with Gasteiger partial charge in [-0.1, -0.05) is 6.92 Å². The van der Waals surface area contributed by atoms with Gasteiger partial charge in [-0.2, -0.15) is 11.8 Å². The van der Waals surface area contributed by atoms with Gasteiger partial charge in [0.15, 0.2) is 5.96 Å². The SMILES string of the molecule is CN=C(NCC(C)CN1CCOCC1)N1CCSC(C)(C)C1. The van der Waals surface area contributed by atoms with Crippen LogP contribution in [0.25, 0.3) is 0 Å². The van der Waals surface area contributed by atoms with Crippen molar-refractivity contribution >= 4 is 17.7 Å². The van der Waals surface area contributed by atoms with Crippen LogP contribution in [0.2, 0.25) is 0 Å². The molecule has 5 nitrogen and oxygen atoms in total. The molecular formula is C16H32N4OS. The molecule has 0 radical (unpaired) electrons. The zero-order valence-electron chi connectivity index (χ0n) is 14.6. The predicted octanol–water partition coefficient (Wildman–Crippen LogP) is 1.36. The van der Waals surface area contributed by atoms with E-state index in [2.05, 4.69) is 52.6 Å². The van der Waals surface area contributed by atoms with Gasteiger partial charge in [0, 0.05) is 56.8 Å². The summed E-state index contributed by atoms with van der Waals surface area (Å²) in [6.07, 6.45) is 0. The van der Waals surface area contributed by atoms with Crippen LogP contribution in [0.4, 0.5) is 0 Å². The monoisotopic (exact) mass is 328 g/mol. The van der Waals surface area contributed by atoms with Gasteiger partial charge in [0.2, 0.25) is 0 Å². The lowest BCUT2D eigenvalue weighted by Crippen LogP contribution is -2.52. The number of hydrogen-bond donors (Lipinski definition) is 1. The molecule has 128 valence electrons. The number of morpholine rings is 1. The lowest BCUT2D eigenvalue weighted by atomic mass is 10.1. The molecule has 6 heteroatoms. The number of rotatable bonds is 4. The molecule has 2 saturated heterocycles. The lowest BCUT2D eigenvalue weighted by molar-refractivity contribution is 0.0320. The van der Waals surface area contributed by atoms with Crippen LogP contribution in [0.1, 0.15) is 20.8 Å². The molecule has 22 heavy (non-hydrogen) atoms. The third kappa shape index (κ3) is 5.63. The molecule has 1 unspecified atom stereocenters. The van der Waals surface area contributed by atoms with Crippen molar-refractivity contribution in [2.45, 2.75) is 25.5 Å². The van der Waals surface area contributed by atoms with Crippen molar-refractivity contribution in [3.63, 3.8) is 0 Å². The summed E-state index contributed by atoms with van der Waals surface area (Å²) in [5.41, 5.74) is 0. The second kappa shape index (κ2) is 8.41. The number of thioether (sulfide) groups is 1. The van der Waals surface area contributed by atoms with Crippen LogP contribution in [-0.4, -0.2) is 85.8 Å². The van der Waals surface area contributed by atoms with Crippen molar-refractivity contribution in [3.05, 3.63) is 0 Å². The molecule has 0 aliphatic carbocycles. The maximum absolute atomic E-state index is 5.41. The van der Waals surface area contributed by atoms with Crippen molar-refractivity contribution in [2.24, 2.45) is 10.9 Å². The minimum atomic E-state index is 0.315. The quantitative estimate of drug-likeness (QED) is 0.623. The largest absolute Gasteiger partial charge is 0.379 e. The molecule has 2 rings (SSSR count). The maximum atomic E-state index is 5.41. The van der Waals surface area contributed by atoms with Crippen molar-refractivity contribution in [3.8, 4) is 0 Å². The molecule has 1 N–H and O–H groups in total. The van der Waals surface area contributed by atoms with Crippen LogP contribution in [0.5, 0.6) is 0 Å². The Hall–Kier alpha value is -0.460. The van der Waals surface area contributed by atoms with Crippen LogP contribution >= 0.6 is 11.8 Å². The molecule has 2 aliphatic heterocycles. The molecule has 0 spiro atoms. The van der Waals surface area contributed by atoms with Crippen molar-refractivity contribution in [1.29, 1.82) is 0 Å². The Morgan fingerprint density at radius 3 is 2.68 bits per heavy atom. The standard InChI is InChI=1S/C16H32N4OS/c1-14(12-19-5-8-21-9-6-19)11-18-15(17-4)20-7-10-22-16(2,3)13-20/h14H,5-13H2,1-4H3,(H,17,18). The van der Waals surface area contributed by atoms with Gasteiger partial charge in [-0.3, -0.25) is 9.89 Å². The number of hydrogen-bond acceptors (Lipinski definition) is 4. The summed E-state index contributed by atoms with van der Waals surface area (Å²) in [7, 11) is 1.89. The van der Waals surface area contributed by atoms with Gasteiger partial charge >= 0.3 is 0 Å². The molecule has 2 aliphatic rings. The minimum absolute atomic E-state index is 0.315. The highest BCUT2D eigenvalue weighted by Crippen LogP contribution is 2.29. The van der Waals surface area contributed by atoms with E-state index in [4.69, 9.17) is 4.74 Å². The summed E-state index contributed by atoms with van der Waals surface area (Å²) in [6.45, 7) is 15.1. The van der Waals surface area contributed by atoms with E-state index < -0.39 is 0 Å². The molecule has 0 saturated carbocycles. The summed E-state index contributed by atoms with van der Waals surface area (Å²) in [5.74, 6) is 2.85. The van der Waals surface area contributed by atoms with E-state index in [1.807, 2.05) is 7.05 Å². The first-order valence-corrected chi connectivity index (χ1v) is 9.38. The van der Waals surface area contributed by atoms with E-state index in [9.17, 15) is 0 Å². The summed E-state index contributed by atoms with van der Waals surface area (Å²) >= 11 is 2.06. The number of nitrogens with one attached hydrogen (secondary N) is 1. The fourth-order valence-corrected chi connectivity index (χ4v) is 4.20. The minimum Gasteiger partial charge on any atom is -0.379 e. The topological polar surface area (TPSA) is 40.1 Å². The summed E-state index contributed by atoms with van der Waals surface area (Å²) in [4.78, 5) is 9.38. The van der Waals surface area contributed by atoms with Crippen LogP contribution in [0.3, 0.4) is 0 Å². The number of aliphatic imine (C=N–C) groups is 1. The first-order chi connectivity index (χ1) is 10.5. The van der Waals surface area contributed by atoms with Crippen LogP contribution < -0.4 is 5.32 Å². The van der Waals surface area contributed by atoms with Gasteiger partial charge in [-0.05, 0) is 19.8 Å². The molecular weight excluding hydrogens is 296 g/mol. The fourth-order valence-electron chi connectivity index (χ4n) is 3.08. The van der Waals surface area contributed by atoms with E-state index >= 15 is 0 Å². The van der Waals surface area contributed by atoms with Gasteiger partial charge in [-0.15, -0.1) is 0 Å². The fraction of sp³-hybridized carbons (Fsp3) is 0.938. The van der Waals surface area contributed by atoms with Crippen molar-refractivity contribution in [2.75, 3.05) is 65.3 Å². The zero-order chi connectivity index (χ0) is 16.0. The Morgan fingerprint density at radius 1 is 1.32 bits per heavy atom. The highest BCUT2D eigenvalue weighted by molar-refractivity contribution is 8.00. The molecule has 0 aromatic heterocycles. The normalized spacial score (nSPS) is 25.1. The van der Waals surface area contributed by atoms with Crippen LogP contribution in [0, 0.1) is 5.92 Å². The molecule has 0 bridgehead atoms. The molecule has 1 atom stereocenters. The first kappa shape index (κ1) is 17.9. The van der Waals surface area contributed by atoms with Crippen LogP contribution in [-0.2, 0) is 4.74 Å². The second-order valence-electron chi connectivity index (χ2n) is 6.98. The van der Waals surface area contributed by atoms with Crippen molar-refractivity contribution in [1.82, 2.24) is 15.1 Å². The van der Waals surface area contributed by atoms with Gasteiger partial charge in [0.1, 0.15) is 0 Å². The molecule has 0 aromatic carbocycles. The summed E-state index contributed by atoms with van der Waals surface area (Å²) < 4.78 is 5.73. The Balaban J connectivity index is 1.75. The Kier molecular flexibility index (Phi) is 6.84. The van der Waals surface area contributed by atoms with Gasteiger partial charge in [-0.25, -0.2) is 0 Å². The third-order valence-electron chi connectivity index (χ3n) is 4.22. The zero-order valence-corrected chi connectivity index (χ0v) is 15.4. The molecule has 2 heterocycles. The Bertz CT molecular complexity index is 369. The molecule has 0 aromatic rings. The van der Waals surface area contributed by atoms with Crippen LogP contribution in [0.15, 0.2) is 4.99 Å². The average Bonchev–Trinajstić information content (AvgIpc) is 2.48.